The number of carbonyl (C=O) groups is 3. The maximum Gasteiger partial charge on any atom is 0.278 e. The van der Waals surface area contributed by atoms with Crippen molar-refractivity contribution >= 4 is 103 Å². The number of hydrogen-bond acceptors (Lipinski definition) is 24. The lowest BCUT2D eigenvalue weighted by atomic mass is 9.78. The van der Waals surface area contributed by atoms with Gasteiger partial charge in [0, 0.05) is 100.0 Å². The number of amides is 3. The number of carbonyl (C=O) groups excluding carboxylic acids is 3. The standard InChI is InChI=1S/C32H36N8O3.2C30H32N8O3/c1-31(2)12-6-7-13-39-29(42)22-15-33-30(34-21-8-9-23-20(14-21)16-37(5)19-32(23,3)4)36-27(22)40(39)25-11-10-24-28(35-25)38(18-31)26(41)17-43-24;1-30(2)11-4-5-12-37-28(40)22-15-31-29(32-21-7-6-20-16-35(3)13-10-19(20)14-21)34-26(22)38(37)24-9-8-23-27(33-24)36(18-30)25(39)17-41-23;1-30(2)11-4-5-12-37-28(40)22-15-31-29(32-21-7-6-19-10-13-35(3)16-20(19)14-21)34-26(22)38(37)24-9-8-23-27(33-24)36(18-30)25(39)17-41-23/h6-11,14-15H,12-13,16-19H2,1-5H3,(H,33,34,36);2*4-9,14-15H,10-13,16-18H2,1-3H3,(H,31,32,34). The summed E-state index contributed by atoms with van der Waals surface area (Å²) >= 11 is 0. The molecule has 33 heteroatoms. The fraction of sp³-hybridized carbons (Fsp3) is 0.380. The number of hydrogen-bond donors (Lipinski definition) is 3. The normalized spacial score (nSPS) is 18.6. The Morgan fingerprint density at radius 3 is 1.12 bits per heavy atom. The molecule has 0 saturated heterocycles. The van der Waals surface area contributed by atoms with E-state index in [0.717, 1.165) is 88.4 Å². The number of anilines is 9. The third-order valence-corrected chi connectivity index (χ3v) is 24.5. The highest BCUT2D eigenvalue weighted by molar-refractivity contribution is 5.99. The molecule has 3 amide bonds. The van der Waals surface area contributed by atoms with Crippen molar-refractivity contribution in [3.63, 3.8) is 0 Å². The number of aromatic nitrogens is 15. The van der Waals surface area contributed by atoms with Gasteiger partial charge in [0.05, 0.1) is 19.6 Å². The van der Waals surface area contributed by atoms with E-state index in [2.05, 4.69) is 183 Å². The van der Waals surface area contributed by atoms with Gasteiger partial charge in [0.15, 0.2) is 88.9 Å². The number of rotatable bonds is 6. The van der Waals surface area contributed by atoms with Crippen LogP contribution in [0, 0.1) is 16.2 Å². The summed E-state index contributed by atoms with van der Waals surface area (Å²) < 4.78 is 27.1. The van der Waals surface area contributed by atoms with Crippen LogP contribution in [-0.4, -0.2) is 186 Å². The Balaban J connectivity index is 0.000000123. The van der Waals surface area contributed by atoms with Crippen LogP contribution < -0.4 is 61.5 Å². The number of ether oxygens (including phenoxy) is 3. The maximum absolute atomic E-state index is 13.7. The molecule has 0 unspecified atom stereocenters. The molecular formula is C92H100N24O9. The first-order valence-electron chi connectivity index (χ1n) is 42.5. The average Bonchev–Trinajstić information content (AvgIpc) is 1.62. The summed E-state index contributed by atoms with van der Waals surface area (Å²) in [6, 6.07) is 29.8. The topological polar surface area (TPSA) is 331 Å². The number of nitrogens with one attached hydrogen (secondary N) is 3. The molecule has 9 aliphatic rings. The Kier molecular flexibility index (Phi) is 20.6. The molecule has 0 atom stereocenters. The number of fused-ring (bicyclic) bond motifs is 18. The van der Waals surface area contributed by atoms with E-state index in [0.29, 0.717) is 142 Å². The first kappa shape index (κ1) is 81.2. The predicted octanol–water partition coefficient (Wildman–Crippen LogP) is 11.0. The Morgan fingerprint density at radius 1 is 0.360 bits per heavy atom. The van der Waals surface area contributed by atoms with E-state index < -0.39 is 0 Å². The van der Waals surface area contributed by atoms with Gasteiger partial charge in [-0.15, -0.1) is 0 Å². The number of benzene rings is 3. The Hall–Kier alpha value is -13.5. The molecule has 33 nitrogen and oxygen atoms in total. The molecule has 12 aromatic rings. The van der Waals surface area contributed by atoms with Crippen molar-refractivity contribution in [1.29, 1.82) is 0 Å². The molecule has 0 spiro atoms. The Bertz CT molecular complexity index is 6700. The van der Waals surface area contributed by atoms with Crippen molar-refractivity contribution in [2.24, 2.45) is 16.2 Å². The van der Waals surface area contributed by atoms with Crippen LogP contribution in [0.5, 0.6) is 17.2 Å². The maximum atomic E-state index is 13.7. The van der Waals surface area contributed by atoms with Gasteiger partial charge in [-0.25, -0.2) is 58.0 Å². The first-order valence-corrected chi connectivity index (χ1v) is 42.5. The van der Waals surface area contributed by atoms with Gasteiger partial charge in [0.2, 0.25) is 17.8 Å². The van der Waals surface area contributed by atoms with Crippen molar-refractivity contribution in [1.82, 2.24) is 87.6 Å². The minimum Gasteiger partial charge on any atom is -0.480 e. The van der Waals surface area contributed by atoms with Gasteiger partial charge in [0.25, 0.3) is 34.4 Å². The van der Waals surface area contributed by atoms with Crippen LogP contribution in [0.15, 0.2) is 160 Å². The lowest BCUT2D eigenvalue weighted by Crippen LogP contribution is -2.44. The third kappa shape index (κ3) is 15.8. The molecule has 6 bridgehead atoms. The van der Waals surface area contributed by atoms with Crippen molar-refractivity contribution in [2.75, 3.05) is 111 Å². The van der Waals surface area contributed by atoms with Gasteiger partial charge >= 0.3 is 0 Å². The summed E-state index contributed by atoms with van der Waals surface area (Å²) in [6.07, 6.45) is 21.0. The van der Waals surface area contributed by atoms with Gasteiger partial charge < -0.3 is 44.9 Å². The van der Waals surface area contributed by atoms with Gasteiger partial charge in [-0.05, 0) is 176 Å². The molecule has 18 heterocycles. The molecule has 0 saturated carbocycles. The number of nitrogens with zero attached hydrogens (tertiary/aromatic N) is 21. The molecule has 3 aromatic carbocycles. The summed E-state index contributed by atoms with van der Waals surface area (Å²) in [5.74, 6) is 5.06. The van der Waals surface area contributed by atoms with E-state index in [1.165, 1.54) is 33.4 Å². The highest BCUT2D eigenvalue weighted by atomic mass is 16.5. The lowest BCUT2D eigenvalue weighted by Gasteiger charge is -2.38. The highest BCUT2D eigenvalue weighted by Crippen LogP contribution is 2.42. The second-order valence-electron chi connectivity index (χ2n) is 36.9. The van der Waals surface area contributed by atoms with Crippen LogP contribution >= 0.6 is 0 Å². The van der Waals surface area contributed by atoms with Crippen LogP contribution in [0.4, 0.5) is 52.4 Å². The number of allylic oxidation sites excluding steroid dienone is 6. The van der Waals surface area contributed by atoms with E-state index in [1.54, 1.807) is 97.8 Å². The molecular weight excluding hydrogens is 1590 g/mol. The van der Waals surface area contributed by atoms with Gasteiger partial charge in [-0.3, -0.25) is 43.5 Å². The van der Waals surface area contributed by atoms with E-state index >= 15 is 0 Å². The average molecular weight is 1690 g/mol. The zero-order valence-electron chi connectivity index (χ0n) is 72.1. The zero-order valence-corrected chi connectivity index (χ0v) is 72.1. The fourth-order valence-electron chi connectivity index (χ4n) is 18.2. The van der Waals surface area contributed by atoms with Gasteiger partial charge in [0.1, 0.15) is 16.2 Å². The minimum absolute atomic E-state index is 0.0290. The second-order valence-corrected chi connectivity index (χ2v) is 36.9. The summed E-state index contributed by atoms with van der Waals surface area (Å²) in [5.41, 5.74) is 10.6. The molecule has 0 radical (unpaired) electrons. The molecule has 9 aliphatic heterocycles. The molecule has 21 rings (SSSR count). The van der Waals surface area contributed by atoms with Crippen molar-refractivity contribution in [2.45, 2.75) is 132 Å². The lowest BCUT2D eigenvalue weighted by molar-refractivity contribution is -0.122. The van der Waals surface area contributed by atoms with E-state index in [9.17, 15) is 28.8 Å². The monoisotopic (exact) mass is 1680 g/mol. The fourth-order valence-corrected chi connectivity index (χ4v) is 18.2. The van der Waals surface area contributed by atoms with E-state index in [-0.39, 0.29) is 75.9 Å². The number of likely N-dealkylation sites (N-methyl/N-ethyl adjacent to an activating group) is 3. The molecule has 0 aliphatic carbocycles. The van der Waals surface area contributed by atoms with Gasteiger partial charge in [-0.1, -0.05) is 110 Å². The summed E-state index contributed by atoms with van der Waals surface area (Å²) in [7, 11) is 6.39. The molecule has 125 heavy (non-hydrogen) atoms. The van der Waals surface area contributed by atoms with E-state index in [4.69, 9.17) is 44.1 Å². The van der Waals surface area contributed by atoms with Crippen LogP contribution in [0.1, 0.15) is 108 Å². The number of pyridine rings is 3. The van der Waals surface area contributed by atoms with Crippen LogP contribution in [-0.2, 0) is 71.9 Å². The molecule has 3 N–H and O–H groups in total. The Labute approximate surface area is 720 Å². The van der Waals surface area contributed by atoms with Crippen LogP contribution in [0.3, 0.4) is 0 Å². The second kappa shape index (κ2) is 31.7. The van der Waals surface area contributed by atoms with Crippen LogP contribution in [0.2, 0.25) is 0 Å². The SMILES string of the molecule is CN1CCc2cc(Nc3ncc4c(=O)n5n(c4n3)-c3ccc4c(n3)N(CC(C)(C)CC=CC5)C(=O)CO4)ccc2C1.CN1CCc2ccc(Nc3ncc4c(=O)n5n(c4n3)-c3ccc4c(n3)N(CC(C)(C)CC=CC5)C(=O)CO4)cc2C1.CN1Cc2cc(Nc3ncc4c(=O)n5n(c4n3)-c3ccc4c(n3)N(CC(C)(C)CC=CC5)C(=O)CO4)ccc2C(C)(C)C1. The van der Waals surface area contributed by atoms with E-state index in [1.807, 2.05) is 30.4 Å². The first-order chi connectivity index (χ1) is 60.0. The van der Waals surface area contributed by atoms with Crippen molar-refractivity contribution in [3.05, 3.63) is 210 Å². The Morgan fingerprint density at radius 2 is 0.712 bits per heavy atom. The van der Waals surface area contributed by atoms with Crippen molar-refractivity contribution in [3.8, 4) is 34.7 Å². The minimum atomic E-state index is -0.217. The predicted molar refractivity (Wildman–Crippen MR) is 478 cm³/mol. The smallest absolute Gasteiger partial charge is 0.278 e. The van der Waals surface area contributed by atoms with Crippen LogP contribution in [0.25, 0.3) is 50.6 Å². The van der Waals surface area contributed by atoms with Crippen molar-refractivity contribution < 1.29 is 28.6 Å². The molecule has 9 aromatic heterocycles. The summed E-state index contributed by atoms with van der Waals surface area (Å²) in [6.45, 7) is 25.4. The quantitative estimate of drug-likeness (QED) is 0.130. The summed E-state index contributed by atoms with van der Waals surface area (Å²) in [5, 5.41) is 11.2. The van der Waals surface area contributed by atoms with Gasteiger partial charge in [-0.2, -0.15) is 15.0 Å². The molecule has 642 valence electrons. The summed E-state index contributed by atoms with van der Waals surface area (Å²) in [4.78, 5) is 134. The zero-order chi connectivity index (χ0) is 86.7. The highest BCUT2D eigenvalue weighted by Gasteiger charge is 2.39. The third-order valence-electron chi connectivity index (χ3n) is 24.5. The molecule has 0 fully saturated rings. The largest absolute Gasteiger partial charge is 0.480 e.